The van der Waals surface area contributed by atoms with Crippen molar-refractivity contribution in [2.45, 2.75) is 93.6 Å². The molecule has 1 aliphatic heterocycles. The molecule has 332 valence electrons. The first-order chi connectivity index (χ1) is 30.8. The Kier molecular flexibility index (Phi) is 14.7. The van der Waals surface area contributed by atoms with Gasteiger partial charge in [-0.3, -0.25) is 4.79 Å². The lowest BCUT2D eigenvalue weighted by atomic mass is 9.55. The number of fused-ring (bicyclic) bond motifs is 2. The zero-order chi connectivity index (χ0) is 43.8. The molecule has 3 aliphatic carbocycles. The Balaban J connectivity index is 1.32. The largest absolute Gasteiger partial charge is 0.459 e. The molecule has 0 spiro atoms. The second-order valence-electron chi connectivity index (χ2n) is 17.2. The van der Waals surface area contributed by atoms with Crippen molar-refractivity contribution in [1.29, 1.82) is 0 Å². The summed E-state index contributed by atoms with van der Waals surface area (Å²) in [6, 6.07) is 29.6. The fraction of sp³-hybridized carbons (Fsp3) is 0.423. The van der Waals surface area contributed by atoms with Crippen LogP contribution in [0.3, 0.4) is 0 Å². The first kappa shape index (κ1) is 44.7. The van der Waals surface area contributed by atoms with Gasteiger partial charge in [0.15, 0.2) is 0 Å². The highest BCUT2D eigenvalue weighted by molar-refractivity contribution is 7.98. The number of aliphatic hydroxyl groups excluding tert-OH is 2. The van der Waals surface area contributed by atoms with Crippen LogP contribution in [-0.2, 0) is 27.5 Å². The van der Waals surface area contributed by atoms with Gasteiger partial charge < -0.3 is 34.2 Å². The summed E-state index contributed by atoms with van der Waals surface area (Å²) in [6.45, 7) is 4.90. The van der Waals surface area contributed by atoms with Gasteiger partial charge >= 0.3 is 0 Å². The molecular weight excluding hydrogens is 816 g/mol. The summed E-state index contributed by atoms with van der Waals surface area (Å²) < 4.78 is 35.5. The Morgan fingerprint density at radius 1 is 0.937 bits per heavy atom. The molecule has 1 heterocycles. The minimum atomic E-state index is -1.40. The number of halogens is 1. The summed E-state index contributed by atoms with van der Waals surface area (Å²) in [7, 11) is 0. The van der Waals surface area contributed by atoms with Crippen molar-refractivity contribution in [2.24, 2.45) is 28.8 Å². The van der Waals surface area contributed by atoms with Crippen LogP contribution in [-0.4, -0.2) is 64.6 Å². The molecule has 6 atom stereocenters. The lowest BCUT2D eigenvalue weighted by Gasteiger charge is -2.60. The van der Waals surface area contributed by atoms with Crippen molar-refractivity contribution >= 4 is 23.4 Å². The number of carbonyl (C=O) groups is 1. The van der Waals surface area contributed by atoms with Crippen LogP contribution in [0.5, 0.6) is 17.2 Å². The molecule has 2 fully saturated rings. The zero-order valence-electron chi connectivity index (χ0n) is 36.1. The maximum Gasteiger partial charge on any atom is 0.239 e. The molecule has 11 heteroatoms. The van der Waals surface area contributed by atoms with Crippen LogP contribution in [0.4, 0.5) is 4.39 Å². The molecule has 4 aromatic carbocycles. The summed E-state index contributed by atoms with van der Waals surface area (Å²) in [6.07, 6.45) is 12.6. The molecule has 1 amide bonds. The lowest BCUT2D eigenvalue weighted by Crippen LogP contribution is -2.70. The summed E-state index contributed by atoms with van der Waals surface area (Å²) in [5.41, 5.74) is 4.44. The van der Waals surface area contributed by atoms with E-state index in [1.54, 1.807) is 30.0 Å². The molecule has 4 aromatic rings. The van der Waals surface area contributed by atoms with E-state index in [1.165, 1.54) is 12.1 Å². The SMILES string of the molecule is C=CCO[C@@]12Oc3ccc(Oc4ccc(SC)cc4)cc3[C@H]3[C@H](CCCCO)[C@@H](CCCCO)C=C(C(=NOCc4ccccc4)C[C@@H]1N(Cc1ccc(F)cc1)C(=O)C1CC1)[C@H]32. The third kappa shape index (κ3) is 10.1. The van der Waals surface area contributed by atoms with Gasteiger partial charge in [-0.25, -0.2) is 4.39 Å². The van der Waals surface area contributed by atoms with E-state index in [4.69, 9.17) is 24.2 Å². The van der Waals surface area contributed by atoms with Crippen molar-refractivity contribution in [3.8, 4) is 17.2 Å². The Bertz CT molecular complexity index is 2230. The van der Waals surface area contributed by atoms with Crippen LogP contribution >= 0.6 is 11.8 Å². The van der Waals surface area contributed by atoms with Gasteiger partial charge in [-0.1, -0.05) is 72.6 Å². The molecule has 0 bridgehead atoms. The predicted octanol–water partition coefficient (Wildman–Crippen LogP) is 10.6. The van der Waals surface area contributed by atoms with Crippen LogP contribution in [0.25, 0.3) is 0 Å². The second kappa shape index (κ2) is 20.7. The average molecular weight is 875 g/mol. The van der Waals surface area contributed by atoms with E-state index in [2.05, 4.69) is 18.7 Å². The van der Waals surface area contributed by atoms with E-state index in [0.29, 0.717) is 24.3 Å². The molecule has 0 unspecified atom stereocenters. The number of allylic oxidation sites excluding steroid dienone is 1. The van der Waals surface area contributed by atoms with Gasteiger partial charge in [0.1, 0.15) is 35.7 Å². The molecule has 2 saturated carbocycles. The molecular formula is C52H59FN2O7S. The normalized spacial score (nSPS) is 24.1. The van der Waals surface area contributed by atoms with E-state index in [0.717, 1.165) is 77.1 Å². The van der Waals surface area contributed by atoms with Crippen LogP contribution < -0.4 is 9.47 Å². The highest BCUT2D eigenvalue weighted by atomic mass is 32.2. The topological polar surface area (TPSA) is 110 Å². The number of oxime groups is 1. The summed E-state index contributed by atoms with van der Waals surface area (Å²) in [5.74, 6) is -0.370. The maximum atomic E-state index is 14.8. The first-order valence-corrected chi connectivity index (χ1v) is 23.7. The number of unbranched alkanes of at least 4 members (excludes halogenated alkanes) is 2. The van der Waals surface area contributed by atoms with E-state index in [9.17, 15) is 19.4 Å². The summed E-state index contributed by atoms with van der Waals surface area (Å²) in [5, 5.41) is 24.9. The van der Waals surface area contributed by atoms with Crippen molar-refractivity contribution < 1.29 is 38.4 Å². The van der Waals surface area contributed by atoms with Crippen LogP contribution in [0.1, 0.15) is 80.4 Å². The average Bonchev–Trinajstić information content (AvgIpc) is 4.16. The monoisotopic (exact) mass is 874 g/mol. The summed E-state index contributed by atoms with van der Waals surface area (Å²) in [4.78, 5) is 24.1. The first-order valence-electron chi connectivity index (χ1n) is 22.5. The number of rotatable bonds is 21. The Hall–Kier alpha value is -4.94. The molecule has 9 nitrogen and oxygen atoms in total. The number of hydrogen-bond acceptors (Lipinski definition) is 9. The molecule has 4 aliphatic rings. The molecule has 8 rings (SSSR count). The van der Waals surface area contributed by atoms with Gasteiger partial charge in [0.25, 0.3) is 0 Å². The van der Waals surface area contributed by atoms with Gasteiger partial charge in [-0.05, 0) is 128 Å². The van der Waals surface area contributed by atoms with Crippen molar-refractivity contribution in [2.75, 3.05) is 26.1 Å². The van der Waals surface area contributed by atoms with E-state index in [-0.39, 0.29) is 74.8 Å². The van der Waals surface area contributed by atoms with Crippen molar-refractivity contribution in [1.82, 2.24) is 4.90 Å². The Labute approximate surface area is 375 Å². The standard InChI is InChI=1S/C52H59FN2O7S/c1-3-29-59-52-48(55(51(58)37-17-18-37)33-35-15-19-39(53)20-16-35)32-46(54-60-34-36-11-5-4-6-12-36)44-30-38(13-7-9-27-56)43(14-8-10-28-57)49(50(44)52)45-31-41(23-26-47(45)62-52)61-40-21-24-42(63-2)25-22-40/h3-6,11-12,15-16,19-26,30-31,37-38,43,48-50,56-57H,1,7-10,13-14,17-18,27-29,32-34H2,2H3/t38-,43+,48-,49+,50+,52+/m0/s1. The number of ether oxygens (including phenoxy) is 3. The lowest BCUT2D eigenvalue weighted by molar-refractivity contribution is -0.258. The number of amides is 1. The van der Waals surface area contributed by atoms with Crippen LogP contribution in [0.2, 0.25) is 0 Å². The Morgan fingerprint density at radius 2 is 1.67 bits per heavy atom. The minimum Gasteiger partial charge on any atom is -0.459 e. The molecule has 0 radical (unpaired) electrons. The van der Waals surface area contributed by atoms with Crippen molar-refractivity contribution in [3.63, 3.8) is 0 Å². The number of benzene rings is 4. The van der Waals surface area contributed by atoms with Crippen molar-refractivity contribution in [3.05, 3.63) is 144 Å². The maximum absolute atomic E-state index is 14.8. The fourth-order valence-electron chi connectivity index (χ4n) is 9.94. The third-order valence-corrected chi connectivity index (χ3v) is 13.8. The van der Waals surface area contributed by atoms with E-state index < -0.39 is 17.7 Å². The quantitative estimate of drug-likeness (QED) is 0.0369. The minimum absolute atomic E-state index is 0.00209. The number of nitrogens with zero attached hydrogens (tertiary/aromatic N) is 2. The second-order valence-corrected chi connectivity index (χ2v) is 18.1. The van der Waals surface area contributed by atoms with Gasteiger partial charge in [0, 0.05) is 48.5 Å². The number of hydrogen-bond donors (Lipinski definition) is 2. The number of thioether (sulfide) groups is 1. The summed E-state index contributed by atoms with van der Waals surface area (Å²) >= 11 is 1.67. The van der Waals surface area contributed by atoms with E-state index in [1.807, 2.05) is 77.9 Å². The fourth-order valence-corrected chi connectivity index (χ4v) is 10.4. The molecule has 2 N–H and O–H groups in total. The number of carbonyl (C=O) groups excluding carboxylic acids is 1. The third-order valence-electron chi connectivity index (χ3n) is 13.0. The highest BCUT2D eigenvalue weighted by Crippen LogP contribution is 2.62. The smallest absolute Gasteiger partial charge is 0.239 e. The molecule has 0 saturated heterocycles. The molecule has 0 aromatic heterocycles. The molecule has 63 heavy (non-hydrogen) atoms. The van der Waals surface area contributed by atoms with Gasteiger partial charge in [-0.15, -0.1) is 18.3 Å². The van der Waals surface area contributed by atoms with Crippen LogP contribution in [0.15, 0.2) is 131 Å². The predicted molar refractivity (Wildman–Crippen MR) is 244 cm³/mol. The van der Waals surface area contributed by atoms with E-state index >= 15 is 0 Å². The van der Waals surface area contributed by atoms with Gasteiger partial charge in [0.05, 0.1) is 18.2 Å². The van der Waals surface area contributed by atoms with Crippen LogP contribution in [0, 0.1) is 29.5 Å². The van der Waals surface area contributed by atoms with Gasteiger partial charge in [0.2, 0.25) is 11.7 Å². The highest BCUT2D eigenvalue weighted by Gasteiger charge is 2.66. The number of aliphatic hydroxyl groups is 2. The zero-order valence-corrected chi connectivity index (χ0v) is 36.9. The van der Waals surface area contributed by atoms with Gasteiger partial charge in [-0.2, -0.15) is 0 Å². The Morgan fingerprint density at radius 3 is 2.37 bits per heavy atom.